The van der Waals surface area contributed by atoms with E-state index in [2.05, 4.69) is 4.72 Å². The molecule has 0 aromatic heterocycles. The van der Waals surface area contributed by atoms with Crippen LogP contribution in [0.25, 0.3) is 0 Å². The van der Waals surface area contributed by atoms with E-state index < -0.39 is 27.0 Å². The molecule has 0 saturated carbocycles. The second-order valence-corrected chi connectivity index (χ2v) is 8.13. The van der Waals surface area contributed by atoms with Crippen molar-refractivity contribution in [3.8, 4) is 0 Å². The summed E-state index contributed by atoms with van der Waals surface area (Å²) in [4.78, 5) is 0.184. The molecule has 0 radical (unpaired) electrons. The minimum absolute atomic E-state index is 0.0513. The van der Waals surface area contributed by atoms with Gasteiger partial charge in [-0.2, -0.15) is 0 Å². The van der Waals surface area contributed by atoms with Gasteiger partial charge in [-0.15, -0.1) is 11.6 Å². The maximum absolute atomic E-state index is 12.6. The van der Waals surface area contributed by atoms with Crippen LogP contribution >= 0.6 is 11.6 Å². The predicted octanol–water partition coefficient (Wildman–Crippen LogP) is 3.15. The van der Waals surface area contributed by atoms with Crippen molar-refractivity contribution < 1.29 is 13.5 Å². The third kappa shape index (κ3) is 4.22. The highest BCUT2D eigenvalue weighted by Crippen LogP contribution is 2.31. The summed E-state index contributed by atoms with van der Waals surface area (Å²) in [6, 6.07) is 7.51. The van der Waals surface area contributed by atoms with Crippen molar-refractivity contribution in [1.82, 2.24) is 4.72 Å². The lowest BCUT2D eigenvalue weighted by Crippen LogP contribution is -2.59. The number of halogens is 1. The molecule has 1 aromatic rings. The van der Waals surface area contributed by atoms with Crippen molar-refractivity contribution in [2.45, 2.75) is 62.5 Å². The highest BCUT2D eigenvalue weighted by Gasteiger charge is 2.44. The molecule has 6 heteroatoms. The van der Waals surface area contributed by atoms with E-state index in [0.717, 1.165) is 6.42 Å². The van der Waals surface area contributed by atoms with Gasteiger partial charge in [-0.05, 0) is 31.4 Å². The van der Waals surface area contributed by atoms with Crippen molar-refractivity contribution >= 4 is 21.6 Å². The Kier molecular flexibility index (Phi) is 6.86. The Morgan fingerprint density at radius 2 is 1.77 bits per heavy atom. The lowest BCUT2D eigenvalue weighted by Gasteiger charge is -2.41. The highest BCUT2D eigenvalue weighted by atomic mass is 35.5. The lowest BCUT2D eigenvalue weighted by molar-refractivity contribution is -0.0127. The minimum atomic E-state index is -3.71. The molecule has 0 aliphatic rings. The molecule has 126 valence electrons. The largest absolute Gasteiger partial charge is 0.387 e. The van der Waals surface area contributed by atoms with E-state index in [0.29, 0.717) is 6.42 Å². The zero-order valence-electron chi connectivity index (χ0n) is 13.6. The van der Waals surface area contributed by atoms with Crippen LogP contribution in [0.4, 0.5) is 0 Å². The van der Waals surface area contributed by atoms with Crippen LogP contribution in [0.3, 0.4) is 0 Å². The summed E-state index contributed by atoms with van der Waals surface area (Å²) >= 11 is 6.17. The predicted molar refractivity (Wildman–Crippen MR) is 90.6 cm³/mol. The molecule has 0 amide bonds. The van der Waals surface area contributed by atoms with Crippen LogP contribution in [0.2, 0.25) is 0 Å². The molecule has 4 atom stereocenters. The summed E-state index contributed by atoms with van der Waals surface area (Å²) in [6.45, 7) is 7.38. The molecule has 0 aliphatic heterocycles. The molecule has 0 aliphatic carbocycles. The summed E-state index contributed by atoms with van der Waals surface area (Å²) in [5, 5.41) is 10.3. The number of nitrogens with one attached hydrogen (secondary N) is 1. The van der Waals surface area contributed by atoms with E-state index in [1.165, 1.54) is 12.1 Å². The molecule has 2 N–H and O–H groups in total. The summed E-state index contributed by atoms with van der Waals surface area (Å²) < 4.78 is 27.8. The Hall–Kier alpha value is -0.620. The first-order chi connectivity index (χ1) is 10.2. The second kappa shape index (κ2) is 7.77. The first-order valence-electron chi connectivity index (χ1n) is 7.62. The first-order valence-corrected chi connectivity index (χ1v) is 9.54. The summed E-state index contributed by atoms with van der Waals surface area (Å²) in [5.41, 5.74) is -1.31. The van der Waals surface area contributed by atoms with Gasteiger partial charge >= 0.3 is 0 Å². The molecule has 0 bridgehead atoms. The normalized spacial score (nSPS) is 19.2. The average Bonchev–Trinajstić information content (AvgIpc) is 2.51. The van der Waals surface area contributed by atoms with Crippen LogP contribution < -0.4 is 4.72 Å². The van der Waals surface area contributed by atoms with Crippen LogP contribution in [0.1, 0.15) is 40.5 Å². The number of hydrogen-bond acceptors (Lipinski definition) is 3. The van der Waals surface area contributed by atoms with Gasteiger partial charge in [0.25, 0.3) is 0 Å². The van der Waals surface area contributed by atoms with E-state index in [-0.39, 0.29) is 10.8 Å². The Morgan fingerprint density at radius 3 is 2.18 bits per heavy atom. The Balaban J connectivity index is 3.20. The zero-order valence-corrected chi connectivity index (χ0v) is 15.2. The molecule has 2 unspecified atom stereocenters. The summed E-state index contributed by atoms with van der Waals surface area (Å²) in [7, 11) is -3.71. The fourth-order valence-electron chi connectivity index (χ4n) is 2.53. The molecular formula is C16H26ClNO3S. The van der Waals surface area contributed by atoms with Crippen molar-refractivity contribution in [3.63, 3.8) is 0 Å². The number of rotatable bonds is 8. The standard InChI is InChI=1S/C16H26ClNO3S/c1-5-12(3)15(16(19,6-2)13(4)17)18-22(20,21)14-10-8-7-9-11-14/h7-13,15,18-19H,5-6H2,1-4H3/t12-,13?,15-,16?/m0/s1. The Bertz CT molecular complexity index is 562. The molecule has 4 nitrogen and oxygen atoms in total. The average molecular weight is 348 g/mol. The van der Waals surface area contributed by atoms with E-state index in [9.17, 15) is 13.5 Å². The SMILES string of the molecule is CC[C@H](C)[C@H](NS(=O)(=O)c1ccccc1)C(O)(CC)C(C)Cl. The zero-order chi connectivity index (χ0) is 17.0. The van der Waals surface area contributed by atoms with Crippen LogP contribution in [-0.2, 0) is 10.0 Å². The number of alkyl halides is 1. The van der Waals surface area contributed by atoms with Gasteiger partial charge in [0.05, 0.1) is 21.9 Å². The van der Waals surface area contributed by atoms with E-state index in [1.807, 2.05) is 20.8 Å². The van der Waals surface area contributed by atoms with Gasteiger partial charge in [0.2, 0.25) is 10.0 Å². The van der Waals surface area contributed by atoms with Crippen LogP contribution in [0, 0.1) is 5.92 Å². The molecule has 0 saturated heterocycles. The number of sulfonamides is 1. The number of hydrogen-bond donors (Lipinski definition) is 2. The monoisotopic (exact) mass is 347 g/mol. The lowest BCUT2D eigenvalue weighted by atomic mass is 9.81. The fourth-order valence-corrected chi connectivity index (χ4v) is 4.24. The maximum atomic E-state index is 12.6. The molecule has 22 heavy (non-hydrogen) atoms. The Morgan fingerprint density at radius 1 is 1.23 bits per heavy atom. The number of benzene rings is 1. The topological polar surface area (TPSA) is 66.4 Å². The van der Waals surface area contributed by atoms with Crippen LogP contribution in [0.5, 0.6) is 0 Å². The first kappa shape index (κ1) is 19.4. The summed E-state index contributed by atoms with van der Waals surface area (Å²) in [5.74, 6) is -0.0513. The van der Waals surface area contributed by atoms with E-state index in [1.54, 1.807) is 25.1 Å². The van der Waals surface area contributed by atoms with E-state index >= 15 is 0 Å². The molecular weight excluding hydrogens is 322 g/mol. The van der Waals surface area contributed by atoms with Gasteiger partial charge < -0.3 is 5.11 Å². The second-order valence-electron chi connectivity index (χ2n) is 5.76. The molecule has 1 aromatic carbocycles. The maximum Gasteiger partial charge on any atom is 0.240 e. The van der Waals surface area contributed by atoms with Gasteiger partial charge in [0, 0.05) is 0 Å². The molecule has 0 heterocycles. The third-order valence-corrected chi connectivity index (χ3v) is 6.18. The van der Waals surface area contributed by atoms with Crippen molar-refractivity contribution in [2.24, 2.45) is 5.92 Å². The fraction of sp³-hybridized carbons (Fsp3) is 0.625. The van der Waals surface area contributed by atoms with Gasteiger partial charge in [0.1, 0.15) is 0 Å². The van der Waals surface area contributed by atoms with E-state index in [4.69, 9.17) is 11.6 Å². The van der Waals surface area contributed by atoms with Gasteiger partial charge in [-0.3, -0.25) is 0 Å². The molecule has 0 fully saturated rings. The Labute approximate surface area is 138 Å². The van der Waals surface area contributed by atoms with Gasteiger partial charge in [-0.25, -0.2) is 13.1 Å². The van der Waals surface area contributed by atoms with Crippen LogP contribution in [0.15, 0.2) is 35.2 Å². The number of aliphatic hydroxyl groups is 1. The van der Waals surface area contributed by atoms with Crippen molar-refractivity contribution in [1.29, 1.82) is 0 Å². The molecule has 1 rings (SSSR count). The van der Waals surface area contributed by atoms with Crippen LogP contribution in [-0.4, -0.2) is 30.5 Å². The quantitative estimate of drug-likeness (QED) is 0.710. The van der Waals surface area contributed by atoms with Gasteiger partial charge in [-0.1, -0.05) is 45.4 Å². The van der Waals surface area contributed by atoms with Crippen molar-refractivity contribution in [2.75, 3.05) is 0 Å². The van der Waals surface area contributed by atoms with Crippen molar-refractivity contribution in [3.05, 3.63) is 30.3 Å². The van der Waals surface area contributed by atoms with Gasteiger partial charge in [0.15, 0.2) is 0 Å². The third-order valence-electron chi connectivity index (χ3n) is 4.34. The smallest absolute Gasteiger partial charge is 0.240 e. The minimum Gasteiger partial charge on any atom is -0.387 e. The highest BCUT2D eigenvalue weighted by molar-refractivity contribution is 7.89. The summed E-state index contributed by atoms with van der Waals surface area (Å²) in [6.07, 6.45) is 1.10. The molecule has 0 spiro atoms.